The first-order valence-electron chi connectivity index (χ1n) is 8.17. The summed E-state index contributed by atoms with van der Waals surface area (Å²) in [6.07, 6.45) is 7.46. The molecule has 1 aliphatic rings. The van der Waals surface area contributed by atoms with Gasteiger partial charge in [0, 0.05) is 44.4 Å². The number of piperidine rings is 1. The molecule has 0 saturated carbocycles. The summed E-state index contributed by atoms with van der Waals surface area (Å²) in [4.78, 5) is 22.7. The molecular formula is C17H23N5O. The molecule has 0 N–H and O–H groups in total. The lowest BCUT2D eigenvalue weighted by Crippen LogP contribution is -2.37. The third-order valence-electron chi connectivity index (χ3n) is 4.36. The van der Waals surface area contributed by atoms with E-state index in [4.69, 9.17) is 4.98 Å². The molecule has 6 nitrogen and oxygen atoms in total. The van der Waals surface area contributed by atoms with Gasteiger partial charge in [-0.05, 0) is 32.8 Å². The summed E-state index contributed by atoms with van der Waals surface area (Å²) in [5.74, 6) is 0.396. The van der Waals surface area contributed by atoms with E-state index in [1.165, 1.54) is 0 Å². The number of likely N-dealkylation sites (tertiary alicyclic amines) is 1. The zero-order valence-corrected chi connectivity index (χ0v) is 13.9. The summed E-state index contributed by atoms with van der Waals surface area (Å²) < 4.78 is 1.95. The van der Waals surface area contributed by atoms with Gasteiger partial charge in [0.2, 0.25) is 5.91 Å². The first kappa shape index (κ1) is 15.6. The molecule has 2 aromatic heterocycles. The van der Waals surface area contributed by atoms with Crippen LogP contribution in [0.25, 0.3) is 11.4 Å². The van der Waals surface area contributed by atoms with Gasteiger partial charge in [-0.15, -0.1) is 0 Å². The van der Waals surface area contributed by atoms with Crippen LogP contribution in [0.5, 0.6) is 0 Å². The van der Waals surface area contributed by atoms with Gasteiger partial charge in [-0.1, -0.05) is 0 Å². The monoisotopic (exact) mass is 313 g/mol. The van der Waals surface area contributed by atoms with Gasteiger partial charge in [0.05, 0.1) is 17.6 Å². The van der Waals surface area contributed by atoms with Gasteiger partial charge in [-0.3, -0.25) is 14.5 Å². The number of hydrogen-bond acceptors (Lipinski definition) is 4. The van der Waals surface area contributed by atoms with E-state index in [0.717, 1.165) is 43.0 Å². The highest BCUT2D eigenvalue weighted by molar-refractivity contribution is 5.73. The summed E-state index contributed by atoms with van der Waals surface area (Å²) in [5, 5.41) is 4.37. The first-order valence-corrected chi connectivity index (χ1v) is 8.17. The lowest BCUT2D eigenvalue weighted by molar-refractivity contribution is -0.130. The lowest BCUT2D eigenvalue weighted by Gasteiger charge is -2.31. The van der Waals surface area contributed by atoms with Crippen molar-refractivity contribution >= 4 is 5.91 Å². The molecule has 0 unspecified atom stereocenters. The largest absolute Gasteiger partial charge is 0.342 e. The minimum Gasteiger partial charge on any atom is -0.342 e. The number of rotatable bonds is 3. The summed E-state index contributed by atoms with van der Waals surface area (Å²) in [6.45, 7) is 7.40. The van der Waals surface area contributed by atoms with Gasteiger partial charge < -0.3 is 4.90 Å². The molecule has 1 saturated heterocycles. The molecule has 0 spiro atoms. The van der Waals surface area contributed by atoms with Crippen LogP contribution in [0.2, 0.25) is 0 Å². The number of hydrogen-bond donors (Lipinski definition) is 0. The Labute approximate surface area is 136 Å². The van der Waals surface area contributed by atoms with Crippen molar-refractivity contribution in [3.05, 3.63) is 30.4 Å². The molecule has 0 aromatic carbocycles. The summed E-state index contributed by atoms with van der Waals surface area (Å²) in [7, 11) is 0. The molecule has 0 aliphatic carbocycles. The molecule has 3 heterocycles. The summed E-state index contributed by atoms with van der Waals surface area (Å²) in [6, 6.07) is 2.24. The van der Waals surface area contributed by atoms with Crippen LogP contribution >= 0.6 is 0 Å². The number of carbonyl (C=O) groups excluding carboxylic acids is 1. The molecule has 1 fully saturated rings. The molecule has 1 amide bonds. The second-order valence-electron chi connectivity index (χ2n) is 6.39. The minimum atomic E-state index is 0.136. The fraction of sp³-hybridized carbons (Fsp3) is 0.529. The van der Waals surface area contributed by atoms with Crippen LogP contribution in [0, 0.1) is 0 Å². The normalized spacial score (nSPS) is 18.4. The third-order valence-corrected chi connectivity index (χ3v) is 4.36. The third kappa shape index (κ3) is 3.25. The number of carbonyl (C=O) groups is 1. The zero-order chi connectivity index (χ0) is 16.4. The average molecular weight is 313 g/mol. The van der Waals surface area contributed by atoms with Crippen molar-refractivity contribution in [3.8, 4) is 11.4 Å². The maximum absolute atomic E-state index is 11.6. The zero-order valence-electron chi connectivity index (χ0n) is 13.9. The molecule has 0 bridgehead atoms. The Morgan fingerprint density at radius 3 is 2.91 bits per heavy atom. The van der Waals surface area contributed by atoms with E-state index >= 15 is 0 Å². The van der Waals surface area contributed by atoms with Gasteiger partial charge in [-0.25, -0.2) is 4.98 Å². The predicted octanol–water partition coefficient (Wildman–Crippen LogP) is 2.65. The molecule has 0 radical (unpaired) electrons. The Balaban J connectivity index is 1.88. The van der Waals surface area contributed by atoms with Crippen molar-refractivity contribution in [3.63, 3.8) is 0 Å². The van der Waals surface area contributed by atoms with Crippen LogP contribution in [0.15, 0.2) is 24.7 Å². The van der Waals surface area contributed by atoms with E-state index in [1.54, 1.807) is 19.3 Å². The maximum atomic E-state index is 11.6. The van der Waals surface area contributed by atoms with Crippen molar-refractivity contribution < 1.29 is 4.79 Å². The quantitative estimate of drug-likeness (QED) is 0.874. The predicted molar refractivity (Wildman–Crippen MR) is 87.9 cm³/mol. The second kappa shape index (κ2) is 6.48. The van der Waals surface area contributed by atoms with Gasteiger partial charge >= 0.3 is 0 Å². The van der Waals surface area contributed by atoms with E-state index in [0.29, 0.717) is 0 Å². The van der Waals surface area contributed by atoms with Gasteiger partial charge in [-0.2, -0.15) is 5.10 Å². The Hall–Kier alpha value is -2.24. The SMILES string of the molecule is CC(=O)N1CCC[C@@H](c2cncc(-c3ccnn3C(C)C)n2)C1. The van der Waals surface area contributed by atoms with Crippen LogP contribution in [-0.2, 0) is 4.79 Å². The molecule has 23 heavy (non-hydrogen) atoms. The molecule has 6 heteroatoms. The Morgan fingerprint density at radius 1 is 1.35 bits per heavy atom. The highest BCUT2D eigenvalue weighted by atomic mass is 16.2. The van der Waals surface area contributed by atoms with Crippen LogP contribution in [-0.4, -0.2) is 43.6 Å². The standard InChI is InChI=1S/C17H23N5O/c1-12(2)22-17(6-7-19-22)16-10-18-9-15(20-16)14-5-4-8-21(11-14)13(3)23/h6-7,9-10,12,14H,4-5,8,11H2,1-3H3/t14-/m1/s1. The Kier molecular flexibility index (Phi) is 4.41. The number of nitrogens with zero attached hydrogens (tertiary/aromatic N) is 5. The molecule has 1 aliphatic heterocycles. The molecule has 3 rings (SSSR count). The van der Waals surface area contributed by atoms with E-state index in [1.807, 2.05) is 21.8 Å². The van der Waals surface area contributed by atoms with Gasteiger partial charge in [0.25, 0.3) is 0 Å². The first-order chi connectivity index (χ1) is 11.1. The van der Waals surface area contributed by atoms with Crippen LogP contribution in [0.1, 0.15) is 51.3 Å². The van der Waals surface area contributed by atoms with Crippen molar-refractivity contribution in [1.29, 1.82) is 0 Å². The van der Waals surface area contributed by atoms with E-state index < -0.39 is 0 Å². The van der Waals surface area contributed by atoms with E-state index in [9.17, 15) is 4.79 Å². The topological polar surface area (TPSA) is 63.9 Å². The smallest absolute Gasteiger partial charge is 0.219 e. The molecule has 1 atom stereocenters. The van der Waals surface area contributed by atoms with Crippen molar-refractivity contribution in [2.75, 3.05) is 13.1 Å². The van der Waals surface area contributed by atoms with Gasteiger partial charge in [0.15, 0.2) is 0 Å². The second-order valence-corrected chi connectivity index (χ2v) is 6.39. The van der Waals surface area contributed by atoms with Crippen molar-refractivity contribution in [2.24, 2.45) is 0 Å². The van der Waals surface area contributed by atoms with E-state index in [2.05, 4.69) is 23.9 Å². The molecule has 122 valence electrons. The average Bonchev–Trinajstić information content (AvgIpc) is 3.05. The van der Waals surface area contributed by atoms with E-state index in [-0.39, 0.29) is 17.9 Å². The lowest BCUT2D eigenvalue weighted by atomic mass is 9.95. The van der Waals surface area contributed by atoms with Crippen molar-refractivity contribution in [2.45, 2.75) is 45.6 Å². The van der Waals surface area contributed by atoms with Crippen LogP contribution < -0.4 is 0 Å². The maximum Gasteiger partial charge on any atom is 0.219 e. The van der Waals surface area contributed by atoms with Gasteiger partial charge in [0.1, 0.15) is 5.69 Å². The fourth-order valence-electron chi connectivity index (χ4n) is 3.13. The summed E-state index contributed by atoms with van der Waals surface area (Å²) >= 11 is 0. The molecule has 2 aromatic rings. The Bertz CT molecular complexity index is 694. The van der Waals surface area contributed by atoms with Crippen LogP contribution in [0.4, 0.5) is 0 Å². The number of aromatic nitrogens is 4. The Morgan fingerprint density at radius 2 is 2.17 bits per heavy atom. The number of amides is 1. The molecular weight excluding hydrogens is 290 g/mol. The van der Waals surface area contributed by atoms with Crippen molar-refractivity contribution in [1.82, 2.24) is 24.6 Å². The van der Waals surface area contributed by atoms with Crippen LogP contribution in [0.3, 0.4) is 0 Å². The minimum absolute atomic E-state index is 0.136. The highest BCUT2D eigenvalue weighted by Crippen LogP contribution is 2.27. The highest BCUT2D eigenvalue weighted by Gasteiger charge is 2.24. The summed E-state index contributed by atoms with van der Waals surface area (Å²) in [5.41, 5.74) is 2.78. The fourth-order valence-corrected chi connectivity index (χ4v) is 3.13.